The van der Waals surface area contributed by atoms with Gasteiger partial charge in [0.05, 0.1) is 0 Å². The van der Waals surface area contributed by atoms with Gasteiger partial charge in [0.25, 0.3) is 0 Å². The molecule has 0 unspecified atom stereocenters. The maximum absolute atomic E-state index is 9.23. The van der Waals surface area contributed by atoms with Crippen LogP contribution in [0.25, 0.3) is 10.8 Å². The third kappa shape index (κ3) is 1.85. The highest BCUT2D eigenvalue weighted by molar-refractivity contribution is 5.93. The van der Waals surface area contributed by atoms with Crippen LogP contribution >= 0.6 is 0 Å². The molecule has 2 aromatic rings. The van der Waals surface area contributed by atoms with Crippen molar-refractivity contribution in [3.63, 3.8) is 0 Å². The van der Waals surface area contributed by atoms with Gasteiger partial charge in [0.15, 0.2) is 0 Å². The molecule has 0 aliphatic heterocycles. The van der Waals surface area contributed by atoms with Gasteiger partial charge < -0.3 is 5.11 Å². The molecule has 2 rings (SSSR count). The second kappa shape index (κ2) is 4.50. The van der Waals surface area contributed by atoms with Crippen LogP contribution in [-0.4, -0.2) is 11.7 Å². The molecule has 17 heavy (non-hydrogen) atoms. The van der Waals surface area contributed by atoms with Crippen LogP contribution in [0.3, 0.4) is 0 Å². The standard InChI is InChI=1S/C16H20O/c1-10-6-5-7-15-14(8-9-17)12(3)11(2)13(4)16(10)15/h5-7,17H,8-9H2,1-4H3. The van der Waals surface area contributed by atoms with Gasteiger partial charge in [0.1, 0.15) is 0 Å². The van der Waals surface area contributed by atoms with Crippen LogP contribution in [0.2, 0.25) is 0 Å². The SMILES string of the molecule is Cc1c(C)c(C)c2c(C)cccc2c1CCO. The highest BCUT2D eigenvalue weighted by Gasteiger charge is 2.12. The van der Waals surface area contributed by atoms with Gasteiger partial charge in [-0.25, -0.2) is 0 Å². The summed E-state index contributed by atoms with van der Waals surface area (Å²) in [6.07, 6.45) is 0.743. The first-order chi connectivity index (χ1) is 8.07. The first kappa shape index (κ1) is 12.1. The molecular formula is C16H20O. The first-order valence-electron chi connectivity index (χ1n) is 6.16. The molecule has 0 aliphatic carbocycles. The number of aliphatic hydroxyl groups is 1. The molecular weight excluding hydrogens is 208 g/mol. The van der Waals surface area contributed by atoms with Crippen molar-refractivity contribution in [2.45, 2.75) is 34.1 Å². The molecule has 0 aliphatic rings. The molecule has 0 fully saturated rings. The predicted octanol–water partition coefficient (Wildman–Crippen LogP) is 3.61. The fourth-order valence-electron chi connectivity index (χ4n) is 2.75. The van der Waals surface area contributed by atoms with Gasteiger partial charge in [0.2, 0.25) is 0 Å². The van der Waals surface area contributed by atoms with E-state index in [-0.39, 0.29) is 6.61 Å². The van der Waals surface area contributed by atoms with Gasteiger partial charge >= 0.3 is 0 Å². The molecule has 1 N–H and O–H groups in total. The van der Waals surface area contributed by atoms with Crippen molar-refractivity contribution in [1.82, 2.24) is 0 Å². The highest BCUT2D eigenvalue weighted by atomic mass is 16.2. The maximum atomic E-state index is 9.23. The number of aryl methyl sites for hydroxylation is 2. The molecule has 1 nitrogen and oxygen atoms in total. The molecule has 0 spiro atoms. The summed E-state index contributed by atoms with van der Waals surface area (Å²) in [6, 6.07) is 6.44. The van der Waals surface area contributed by atoms with Crippen molar-refractivity contribution < 1.29 is 5.11 Å². The van der Waals surface area contributed by atoms with Crippen LogP contribution in [-0.2, 0) is 6.42 Å². The normalized spacial score (nSPS) is 11.1. The zero-order chi connectivity index (χ0) is 12.6. The summed E-state index contributed by atoms with van der Waals surface area (Å²) >= 11 is 0. The van der Waals surface area contributed by atoms with Gasteiger partial charge in [-0.05, 0) is 72.7 Å². The number of rotatable bonds is 2. The zero-order valence-electron chi connectivity index (χ0n) is 11.1. The fourth-order valence-corrected chi connectivity index (χ4v) is 2.75. The number of hydrogen-bond acceptors (Lipinski definition) is 1. The van der Waals surface area contributed by atoms with Crippen LogP contribution in [0.1, 0.15) is 27.8 Å². The molecule has 0 radical (unpaired) electrons. The first-order valence-corrected chi connectivity index (χ1v) is 6.16. The summed E-state index contributed by atoms with van der Waals surface area (Å²) in [4.78, 5) is 0. The van der Waals surface area contributed by atoms with Gasteiger partial charge in [-0.2, -0.15) is 0 Å². The number of hydrogen-bond donors (Lipinski definition) is 1. The van der Waals surface area contributed by atoms with Crippen LogP contribution in [0.15, 0.2) is 18.2 Å². The van der Waals surface area contributed by atoms with Crippen molar-refractivity contribution in [3.8, 4) is 0 Å². The fraction of sp³-hybridized carbons (Fsp3) is 0.375. The Morgan fingerprint density at radius 2 is 1.65 bits per heavy atom. The second-order valence-electron chi connectivity index (χ2n) is 4.82. The Bertz CT molecular complexity index is 567. The number of aliphatic hydroxyl groups excluding tert-OH is 1. The van der Waals surface area contributed by atoms with Gasteiger partial charge in [-0.1, -0.05) is 18.2 Å². The molecule has 0 heterocycles. The van der Waals surface area contributed by atoms with Crippen LogP contribution < -0.4 is 0 Å². The molecule has 90 valence electrons. The average Bonchev–Trinajstić information content (AvgIpc) is 2.31. The lowest BCUT2D eigenvalue weighted by Gasteiger charge is -2.17. The Morgan fingerprint density at radius 1 is 0.941 bits per heavy atom. The van der Waals surface area contributed by atoms with E-state index in [1.165, 1.54) is 38.6 Å². The molecule has 0 saturated heterocycles. The molecule has 0 bridgehead atoms. The summed E-state index contributed by atoms with van der Waals surface area (Å²) in [6.45, 7) is 8.91. The Labute approximate surface area is 103 Å². The minimum absolute atomic E-state index is 0.215. The van der Waals surface area contributed by atoms with Crippen LogP contribution in [0, 0.1) is 27.7 Å². The highest BCUT2D eigenvalue weighted by Crippen LogP contribution is 2.31. The summed E-state index contributed by atoms with van der Waals surface area (Å²) in [5.74, 6) is 0. The minimum Gasteiger partial charge on any atom is -0.396 e. The van der Waals surface area contributed by atoms with Crippen LogP contribution in [0.4, 0.5) is 0 Å². The van der Waals surface area contributed by atoms with E-state index in [9.17, 15) is 5.11 Å². The van der Waals surface area contributed by atoms with Crippen molar-refractivity contribution >= 4 is 10.8 Å². The van der Waals surface area contributed by atoms with Crippen molar-refractivity contribution in [3.05, 3.63) is 46.0 Å². The lowest BCUT2D eigenvalue weighted by atomic mass is 9.88. The summed E-state index contributed by atoms with van der Waals surface area (Å²) in [5, 5.41) is 11.9. The van der Waals surface area contributed by atoms with E-state index in [1.54, 1.807) is 0 Å². The molecule has 0 atom stereocenters. The molecule has 1 heteroatoms. The third-order valence-electron chi connectivity index (χ3n) is 3.91. The third-order valence-corrected chi connectivity index (χ3v) is 3.91. The van der Waals surface area contributed by atoms with Gasteiger partial charge in [-0.3, -0.25) is 0 Å². The summed E-state index contributed by atoms with van der Waals surface area (Å²) < 4.78 is 0. The Kier molecular flexibility index (Phi) is 3.21. The van der Waals surface area contributed by atoms with E-state index in [0.29, 0.717) is 0 Å². The second-order valence-corrected chi connectivity index (χ2v) is 4.82. The van der Waals surface area contributed by atoms with Crippen molar-refractivity contribution in [2.24, 2.45) is 0 Å². The van der Waals surface area contributed by atoms with E-state index in [2.05, 4.69) is 45.9 Å². The van der Waals surface area contributed by atoms with Crippen molar-refractivity contribution in [1.29, 1.82) is 0 Å². The predicted molar refractivity (Wildman–Crippen MR) is 73.7 cm³/mol. The molecule has 0 amide bonds. The van der Waals surface area contributed by atoms with E-state index in [1.807, 2.05) is 0 Å². The summed E-state index contributed by atoms with van der Waals surface area (Å²) in [7, 11) is 0. The van der Waals surface area contributed by atoms with Crippen molar-refractivity contribution in [2.75, 3.05) is 6.61 Å². The largest absolute Gasteiger partial charge is 0.396 e. The zero-order valence-corrected chi connectivity index (χ0v) is 11.1. The Morgan fingerprint density at radius 3 is 2.29 bits per heavy atom. The van der Waals surface area contributed by atoms with E-state index < -0.39 is 0 Å². The quantitative estimate of drug-likeness (QED) is 0.832. The summed E-state index contributed by atoms with van der Waals surface area (Å²) in [5.41, 5.74) is 6.68. The van der Waals surface area contributed by atoms with E-state index >= 15 is 0 Å². The monoisotopic (exact) mass is 228 g/mol. The number of fused-ring (bicyclic) bond motifs is 1. The Balaban J connectivity index is 2.93. The van der Waals surface area contributed by atoms with Gasteiger partial charge in [0, 0.05) is 6.61 Å². The Hall–Kier alpha value is -1.34. The molecule has 0 aromatic heterocycles. The number of benzene rings is 2. The smallest absolute Gasteiger partial charge is 0.0471 e. The average molecular weight is 228 g/mol. The maximum Gasteiger partial charge on any atom is 0.0471 e. The molecule has 2 aromatic carbocycles. The van der Waals surface area contributed by atoms with E-state index in [0.717, 1.165) is 6.42 Å². The van der Waals surface area contributed by atoms with Crippen LogP contribution in [0.5, 0.6) is 0 Å². The molecule has 0 saturated carbocycles. The van der Waals surface area contributed by atoms with E-state index in [4.69, 9.17) is 0 Å². The minimum atomic E-state index is 0.215. The van der Waals surface area contributed by atoms with Gasteiger partial charge in [-0.15, -0.1) is 0 Å². The lowest BCUT2D eigenvalue weighted by molar-refractivity contribution is 0.300. The lowest BCUT2D eigenvalue weighted by Crippen LogP contribution is -2.01. The topological polar surface area (TPSA) is 20.2 Å².